The van der Waals surface area contributed by atoms with Crippen LogP contribution < -0.4 is 10.9 Å². The first-order valence-corrected chi connectivity index (χ1v) is 5.91. The SMILES string of the molecule is NCc1ccc(CC(=O)OS(N)(=O)=O)cc1. The molecule has 0 unspecified atom stereocenters. The summed E-state index contributed by atoms with van der Waals surface area (Å²) in [6.45, 7) is 0.405. The lowest BCUT2D eigenvalue weighted by Crippen LogP contribution is -2.21. The van der Waals surface area contributed by atoms with E-state index in [-0.39, 0.29) is 6.42 Å². The van der Waals surface area contributed by atoms with Crippen LogP contribution in [0.25, 0.3) is 0 Å². The Hall–Kier alpha value is -1.44. The van der Waals surface area contributed by atoms with Gasteiger partial charge in [-0.2, -0.15) is 13.6 Å². The Morgan fingerprint density at radius 2 is 1.69 bits per heavy atom. The van der Waals surface area contributed by atoms with Gasteiger partial charge in [0.05, 0.1) is 6.42 Å². The minimum absolute atomic E-state index is 0.152. The van der Waals surface area contributed by atoms with Gasteiger partial charge in [-0.25, -0.2) is 0 Å². The van der Waals surface area contributed by atoms with E-state index in [2.05, 4.69) is 9.32 Å². The standard InChI is InChI=1S/C9H12N2O4S/c10-6-8-3-1-7(2-4-8)5-9(12)15-16(11,13)14/h1-4H,5-6,10H2,(H2,11,13,14). The highest BCUT2D eigenvalue weighted by atomic mass is 32.2. The molecule has 1 aromatic carbocycles. The first-order chi connectivity index (χ1) is 7.40. The Labute approximate surface area is 93.5 Å². The molecule has 0 saturated carbocycles. The van der Waals surface area contributed by atoms with Gasteiger partial charge in [-0.15, -0.1) is 0 Å². The van der Waals surface area contributed by atoms with E-state index in [1.165, 1.54) is 0 Å². The van der Waals surface area contributed by atoms with Crippen LogP contribution in [0.3, 0.4) is 0 Å². The molecule has 7 heteroatoms. The van der Waals surface area contributed by atoms with Gasteiger partial charge >= 0.3 is 16.3 Å². The molecule has 0 saturated heterocycles. The van der Waals surface area contributed by atoms with Crippen molar-refractivity contribution in [2.24, 2.45) is 10.9 Å². The topological polar surface area (TPSA) is 112 Å². The van der Waals surface area contributed by atoms with E-state index in [9.17, 15) is 13.2 Å². The van der Waals surface area contributed by atoms with E-state index in [0.29, 0.717) is 12.1 Å². The van der Waals surface area contributed by atoms with E-state index >= 15 is 0 Å². The van der Waals surface area contributed by atoms with Crippen LogP contribution in [0.2, 0.25) is 0 Å². The molecule has 0 aliphatic rings. The van der Waals surface area contributed by atoms with Gasteiger partial charge in [0.25, 0.3) is 0 Å². The zero-order valence-corrected chi connectivity index (χ0v) is 9.24. The van der Waals surface area contributed by atoms with Crippen molar-refractivity contribution >= 4 is 16.3 Å². The highest BCUT2D eigenvalue weighted by molar-refractivity contribution is 7.84. The lowest BCUT2D eigenvalue weighted by Gasteiger charge is -2.02. The second-order valence-corrected chi connectivity index (χ2v) is 4.30. The van der Waals surface area contributed by atoms with Crippen LogP contribution in [-0.2, 0) is 32.2 Å². The summed E-state index contributed by atoms with van der Waals surface area (Å²) in [6, 6.07) is 6.85. The van der Waals surface area contributed by atoms with Gasteiger partial charge in [0.15, 0.2) is 0 Å². The maximum Gasteiger partial charge on any atom is 0.382 e. The Morgan fingerprint density at radius 1 is 1.19 bits per heavy atom. The number of carbonyl (C=O) groups excluding carboxylic acids is 1. The number of nitrogens with two attached hydrogens (primary N) is 2. The number of rotatable bonds is 4. The third kappa shape index (κ3) is 4.39. The molecule has 0 fully saturated rings. The van der Waals surface area contributed by atoms with Crippen molar-refractivity contribution in [2.45, 2.75) is 13.0 Å². The predicted molar refractivity (Wildman–Crippen MR) is 57.2 cm³/mol. The largest absolute Gasteiger partial charge is 0.382 e. The molecule has 1 aromatic rings. The quantitative estimate of drug-likeness (QED) is 0.736. The van der Waals surface area contributed by atoms with Gasteiger partial charge < -0.3 is 9.92 Å². The van der Waals surface area contributed by atoms with Crippen molar-refractivity contribution in [3.63, 3.8) is 0 Å². The molecule has 0 spiro atoms. The number of hydrogen-bond acceptors (Lipinski definition) is 5. The summed E-state index contributed by atoms with van der Waals surface area (Å²) >= 11 is 0. The second kappa shape index (κ2) is 5.06. The fourth-order valence-electron chi connectivity index (χ4n) is 1.12. The van der Waals surface area contributed by atoms with Crippen molar-refractivity contribution in [3.8, 4) is 0 Å². The van der Waals surface area contributed by atoms with Crippen molar-refractivity contribution in [3.05, 3.63) is 35.4 Å². The number of hydrogen-bond donors (Lipinski definition) is 2. The molecule has 0 amide bonds. The van der Waals surface area contributed by atoms with Crippen LogP contribution >= 0.6 is 0 Å². The van der Waals surface area contributed by atoms with E-state index in [0.717, 1.165) is 5.56 Å². The molecule has 1 rings (SSSR count). The lowest BCUT2D eigenvalue weighted by atomic mass is 10.1. The minimum atomic E-state index is -4.23. The zero-order valence-electron chi connectivity index (χ0n) is 8.42. The first-order valence-electron chi connectivity index (χ1n) is 4.43. The predicted octanol–water partition coefficient (Wildman–Crippen LogP) is -0.565. The lowest BCUT2D eigenvalue weighted by molar-refractivity contribution is -0.133. The van der Waals surface area contributed by atoms with Crippen molar-refractivity contribution < 1.29 is 17.4 Å². The van der Waals surface area contributed by atoms with Crippen molar-refractivity contribution in [1.82, 2.24) is 0 Å². The molecule has 4 N–H and O–H groups in total. The van der Waals surface area contributed by atoms with Crippen LogP contribution in [0.1, 0.15) is 11.1 Å². The monoisotopic (exact) mass is 244 g/mol. The molecular formula is C9H12N2O4S. The normalized spacial score (nSPS) is 11.1. The average Bonchev–Trinajstić information content (AvgIpc) is 2.16. The molecule has 0 heterocycles. The van der Waals surface area contributed by atoms with Crippen LogP contribution in [0.4, 0.5) is 0 Å². The smallest absolute Gasteiger partial charge is 0.334 e. The molecule has 0 aliphatic carbocycles. The summed E-state index contributed by atoms with van der Waals surface area (Å²) in [6.07, 6.45) is -0.152. The number of carbonyl (C=O) groups is 1. The summed E-state index contributed by atoms with van der Waals surface area (Å²) in [5, 5.41) is 4.55. The highest BCUT2D eigenvalue weighted by Crippen LogP contribution is 2.05. The summed E-state index contributed by atoms with van der Waals surface area (Å²) in [5.74, 6) is -0.914. The Balaban J connectivity index is 2.63. The van der Waals surface area contributed by atoms with E-state index in [1.807, 2.05) is 0 Å². The third-order valence-corrected chi connectivity index (χ3v) is 2.23. The Kier molecular flexibility index (Phi) is 3.99. The van der Waals surface area contributed by atoms with E-state index in [1.54, 1.807) is 24.3 Å². The summed E-state index contributed by atoms with van der Waals surface area (Å²) in [7, 11) is -4.23. The molecule has 0 aliphatic heterocycles. The molecule has 0 radical (unpaired) electrons. The third-order valence-electron chi connectivity index (χ3n) is 1.82. The van der Waals surface area contributed by atoms with Crippen LogP contribution in [0.15, 0.2) is 24.3 Å². The van der Waals surface area contributed by atoms with Crippen LogP contribution in [0.5, 0.6) is 0 Å². The van der Waals surface area contributed by atoms with Gasteiger partial charge in [-0.1, -0.05) is 24.3 Å². The molecule has 6 nitrogen and oxygen atoms in total. The maximum absolute atomic E-state index is 11.1. The van der Waals surface area contributed by atoms with E-state index in [4.69, 9.17) is 5.73 Å². The molecule has 0 bridgehead atoms. The van der Waals surface area contributed by atoms with Gasteiger partial charge in [0, 0.05) is 6.54 Å². The summed E-state index contributed by atoms with van der Waals surface area (Å²) in [4.78, 5) is 11.1. The van der Waals surface area contributed by atoms with Crippen LogP contribution in [0, 0.1) is 0 Å². The fourth-order valence-corrected chi connectivity index (χ4v) is 1.44. The maximum atomic E-state index is 11.1. The van der Waals surface area contributed by atoms with Crippen molar-refractivity contribution in [2.75, 3.05) is 0 Å². The number of benzene rings is 1. The van der Waals surface area contributed by atoms with Crippen LogP contribution in [-0.4, -0.2) is 14.4 Å². The minimum Gasteiger partial charge on any atom is -0.334 e. The molecule has 0 atom stereocenters. The van der Waals surface area contributed by atoms with Gasteiger partial charge in [0.1, 0.15) is 0 Å². The van der Waals surface area contributed by atoms with Gasteiger partial charge in [-0.3, -0.25) is 4.79 Å². The zero-order chi connectivity index (χ0) is 12.2. The second-order valence-electron chi connectivity index (χ2n) is 3.15. The fraction of sp³-hybridized carbons (Fsp3) is 0.222. The van der Waals surface area contributed by atoms with Crippen molar-refractivity contribution in [1.29, 1.82) is 0 Å². The highest BCUT2D eigenvalue weighted by Gasteiger charge is 2.11. The molecule has 16 heavy (non-hydrogen) atoms. The summed E-state index contributed by atoms with van der Waals surface area (Å²) < 4.78 is 24.9. The van der Waals surface area contributed by atoms with Gasteiger partial charge in [-0.05, 0) is 11.1 Å². The van der Waals surface area contributed by atoms with Gasteiger partial charge in [0.2, 0.25) is 0 Å². The Morgan fingerprint density at radius 3 is 2.12 bits per heavy atom. The Bertz CT molecular complexity index is 467. The molecule has 0 aromatic heterocycles. The molecule has 88 valence electrons. The first kappa shape index (κ1) is 12.6. The average molecular weight is 244 g/mol. The van der Waals surface area contributed by atoms with E-state index < -0.39 is 16.3 Å². The summed E-state index contributed by atoms with van der Waals surface area (Å²) in [5.41, 5.74) is 6.95. The molecular weight excluding hydrogens is 232 g/mol.